The van der Waals surface area contributed by atoms with Crippen molar-refractivity contribution in [1.29, 1.82) is 10.5 Å². The van der Waals surface area contributed by atoms with Crippen LogP contribution in [0.15, 0.2) is 48.8 Å². The van der Waals surface area contributed by atoms with Crippen molar-refractivity contribution in [3.63, 3.8) is 0 Å². The first-order valence-corrected chi connectivity index (χ1v) is 16.6. The summed E-state index contributed by atoms with van der Waals surface area (Å²) in [7, 11) is 0. The predicted molar refractivity (Wildman–Crippen MR) is 180 cm³/mol. The largest absolute Gasteiger partial charge is 2.00 e. The van der Waals surface area contributed by atoms with E-state index < -0.39 is 0 Å². The molecule has 5 aliphatic rings. The second-order valence-electron chi connectivity index (χ2n) is 11.4. The van der Waals surface area contributed by atoms with Crippen LogP contribution in [0, 0.1) is 22.7 Å². The average molecular weight is 664 g/mol. The Bertz CT molecular complexity index is 961. The van der Waals surface area contributed by atoms with Crippen LogP contribution in [0.1, 0.15) is 90.9 Å². The Balaban J connectivity index is 0.000000262. The molecule has 0 bridgehead atoms. The van der Waals surface area contributed by atoms with E-state index in [1.807, 2.05) is 42.7 Å². The van der Waals surface area contributed by atoms with Crippen molar-refractivity contribution in [2.75, 3.05) is 31.1 Å². The Morgan fingerprint density at radius 1 is 0.778 bits per heavy atom. The van der Waals surface area contributed by atoms with Gasteiger partial charge in [0.15, 0.2) is 0 Å². The number of allylic oxidation sites excluding steroid dienone is 2. The maximum atomic E-state index is 7.32. The number of nitrogens with one attached hydrogen (secondary N) is 1. The number of rotatable bonds is 6. The van der Waals surface area contributed by atoms with Gasteiger partial charge in [0.25, 0.3) is 0 Å². The molecule has 0 amide bonds. The summed E-state index contributed by atoms with van der Waals surface area (Å²) >= 11 is 0. The molecule has 0 spiro atoms. The summed E-state index contributed by atoms with van der Waals surface area (Å²) in [5, 5.41) is 37.5. The number of nitrogens with zero attached hydrogens (tertiary/aromatic N) is 9. The van der Waals surface area contributed by atoms with E-state index in [9.17, 15) is 0 Å². The van der Waals surface area contributed by atoms with E-state index >= 15 is 0 Å². The molecule has 5 unspecified atom stereocenters. The minimum Gasteiger partial charge on any atom is -0.668 e. The summed E-state index contributed by atoms with van der Waals surface area (Å²) in [6.07, 6.45) is 26.5. The smallest absolute Gasteiger partial charge is 0.668 e. The number of aromatic nitrogens is 1. The Kier molecular flexibility index (Phi) is 20.5. The van der Waals surface area contributed by atoms with Gasteiger partial charge in [-0.15, -0.1) is 19.6 Å². The van der Waals surface area contributed by atoms with Crippen LogP contribution in [-0.2, 0) is 17.1 Å². The van der Waals surface area contributed by atoms with Crippen LogP contribution in [0.3, 0.4) is 0 Å². The molecule has 1 aromatic rings. The zero-order chi connectivity index (χ0) is 31.2. The molecule has 11 heteroatoms. The second kappa shape index (κ2) is 23.8. The molecule has 1 N–H and O–H groups in total. The zero-order valence-electron chi connectivity index (χ0n) is 27.1. The third-order valence-electron chi connectivity index (χ3n) is 8.20. The van der Waals surface area contributed by atoms with E-state index in [0.29, 0.717) is 18.5 Å². The Morgan fingerprint density at radius 2 is 1.36 bits per heavy atom. The number of anilines is 1. The summed E-state index contributed by atoms with van der Waals surface area (Å²) in [6.45, 7) is 7.09. The van der Waals surface area contributed by atoms with Gasteiger partial charge in [-0.1, -0.05) is 101 Å². The van der Waals surface area contributed by atoms with Gasteiger partial charge < -0.3 is 36.4 Å². The van der Waals surface area contributed by atoms with Gasteiger partial charge >= 0.3 is 17.1 Å². The van der Waals surface area contributed by atoms with Crippen LogP contribution in [0.25, 0.3) is 21.3 Å². The van der Waals surface area contributed by atoms with Crippen molar-refractivity contribution in [2.24, 2.45) is 0 Å². The van der Waals surface area contributed by atoms with Crippen molar-refractivity contribution < 1.29 is 17.1 Å². The Hall–Kier alpha value is -2.47. The van der Waals surface area contributed by atoms with Crippen molar-refractivity contribution in [1.82, 2.24) is 15.2 Å². The molecular formula is C34H52CuN10-2. The molecule has 0 saturated carbocycles. The number of hydrogen-bond donors (Lipinski definition) is 1. The van der Waals surface area contributed by atoms with Gasteiger partial charge in [-0.25, -0.2) is 4.98 Å². The van der Waals surface area contributed by atoms with E-state index in [4.69, 9.17) is 26.5 Å². The van der Waals surface area contributed by atoms with E-state index in [0.717, 1.165) is 31.9 Å². The second-order valence-corrected chi connectivity index (χ2v) is 11.4. The molecule has 6 heterocycles. The van der Waals surface area contributed by atoms with Crippen LogP contribution < -0.4 is 10.2 Å². The van der Waals surface area contributed by atoms with Crippen LogP contribution in [0.2, 0.25) is 0 Å². The Labute approximate surface area is 282 Å². The Morgan fingerprint density at radius 3 is 1.80 bits per heavy atom. The average Bonchev–Trinajstić information content (AvgIpc) is 3.09. The topological polar surface area (TPSA) is 135 Å². The SMILES string of the molecule is C1=C[N-]C(N(c2ccccn2)C2CCCC[N-]2)C=C1.C1CCC(N(C2CCCC[N-]2)C2CCCCN2)[N-]C1.CC#N.CC#N.[Cu+2]. The van der Waals surface area contributed by atoms with E-state index in [-0.39, 0.29) is 29.4 Å². The van der Waals surface area contributed by atoms with Crippen molar-refractivity contribution >= 4 is 5.82 Å². The minimum absolute atomic E-state index is 0. The molecule has 45 heavy (non-hydrogen) atoms. The van der Waals surface area contributed by atoms with Gasteiger partial charge in [0.05, 0.1) is 18.3 Å². The molecule has 0 aliphatic carbocycles. The van der Waals surface area contributed by atoms with Gasteiger partial charge in [0.1, 0.15) is 5.82 Å². The third-order valence-corrected chi connectivity index (χ3v) is 8.20. The molecule has 5 aliphatic heterocycles. The third kappa shape index (κ3) is 13.4. The first-order chi connectivity index (χ1) is 21.7. The van der Waals surface area contributed by atoms with Crippen molar-refractivity contribution in [3.05, 3.63) is 70.1 Å². The van der Waals surface area contributed by atoms with Crippen LogP contribution in [0.5, 0.6) is 0 Å². The fourth-order valence-electron chi connectivity index (χ4n) is 6.26. The number of nitriles is 2. The number of piperidine rings is 4. The quantitative estimate of drug-likeness (QED) is 0.309. The molecular weight excluding hydrogens is 612 g/mol. The summed E-state index contributed by atoms with van der Waals surface area (Å²) in [5.74, 6) is 0.951. The predicted octanol–water partition coefficient (Wildman–Crippen LogP) is 7.77. The maximum Gasteiger partial charge on any atom is 2.00 e. The summed E-state index contributed by atoms with van der Waals surface area (Å²) < 4.78 is 0. The van der Waals surface area contributed by atoms with Gasteiger partial charge in [-0.3, -0.25) is 0 Å². The molecule has 1 aromatic heterocycles. The van der Waals surface area contributed by atoms with Crippen LogP contribution in [0.4, 0.5) is 5.82 Å². The molecule has 6 rings (SSSR count). The van der Waals surface area contributed by atoms with Gasteiger partial charge in [-0.05, 0) is 44.1 Å². The fraction of sp³-hybridized carbons (Fsp3) is 0.676. The standard InChI is InChI=1S/C15H28N4.C15H18N4.2C2H3N.Cu/c2*1-4-10-16-13(7-1)19(14-8-2-5-11-17-14)15-9-3-6-12-18-15;2*1-2-3;/h13-16H,1-12H2;1-2,4-5,7-8,10-11,13,15H,3,6,9,12H2;2*1H3;/q2*-2;;;+2. The van der Waals surface area contributed by atoms with Crippen molar-refractivity contribution in [3.8, 4) is 12.1 Å². The van der Waals surface area contributed by atoms with Gasteiger partial charge in [0, 0.05) is 20.0 Å². The minimum atomic E-state index is 0. The molecule has 10 nitrogen and oxygen atoms in total. The number of hydrogen-bond acceptors (Lipinski definition) is 6. The maximum absolute atomic E-state index is 7.32. The van der Waals surface area contributed by atoms with Crippen LogP contribution >= 0.6 is 0 Å². The molecule has 4 saturated heterocycles. The van der Waals surface area contributed by atoms with E-state index in [2.05, 4.69) is 31.5 Å². The van der Waals surface area contributed by atoms with E-state index in [1.54, 1.807) is 12.1 Å². The first kappa shape index (κ1) is 38.7. The van der Waals surface area contributed by atoms with Gasteiger partial charge in [0.2, 0.25) is 0 Å². The monoisotopic (exact) mass is 663 g/mol. The molecule has 1 radical (unpaired) electrons. The van der Waals surface area contributed by atoms with E-state index in [1.165, 1.54) is 91.0 Å². The molecule has 4 fully saturated rings. The summed E-state index contributed by atoms with van der Waals surface area (Å²) in [4.78, 5) is 9.34. The summed E-state index contributed by atoms with van der Waals surface area (Å²) in [5.41, 5.74) is 0. The summed E-state index contributed by atoms with van der Waals surface area (Å²) in [6, 6.07) is 9.49. The van der Waals surface area contributed by atoms with Gasteiger partial charge in [-0.2, -0.15) is 16.7 Å². The van der Waals surface area contributed by atoms with Crippen LogP contribution in [-0.4, -0.2) is 66.9 Å². The molecule has 0 aromatic carbocycles. The number of pyridine rings is 1. The molecule has 251 valence electrons. The molecule has 5 atom stereocenters. The first-order valence-electron chi connectivity index (χ1n) is 16.6. The van der Waals surface area contributed by atoms with Crippen molar-refractivity contribution in [2.45, 2.75) is 122 Å². The normalized spacial score (nSPS) is 27.1. The zero-order valence-corrected chi connectivity index (χ0v) is 28.1. The fourth-order valence-corrected chi connectivity index (χ4v) is 6.26.